The van der Waals surface area contributed by atoms with Crippen LogP contribution >= 0.6 is 35.0 Å². The van der Waals surface area contributed by atoms with Crippen LogP contribution in [0.25, 0.3) is 0 Å². The first kappa shape index (κ1) is 16.4. The lowest BCUT2D eigenvalue weighted by atomic mass is 10.1. The third-order valence-corrected chi connectivity index (χ3v) is 5.28. The van der Waals surface area contributed by atoms with Crippen molar-refractivity contribution < 1.29 is 14.7 Å². The predicted octanol–water partition coefficient (Wildman–Crippen LogP) is 3.01. The second-order valence-electron chi connectivity index (χ2n) is 5.00. The van der Waals surface area contributed by atoms with Crippen molar-refractivity contribution >= 4 is 46.8 Å². The van der Waals surface area contributed by atoms with E-state index in [0.29, 0.717) is 5.75 Å². The number of aromatic nitrogens is 1. The fraction of sp³-hybridized carbons (Fsp3) is 0.462. The van der Waals surface area contributed by atoms with Gasteiger partial charge in [0, 0.05) is 5.75 Å². The van der Waals surface area contributed by atoms with Gasteiger partial charge in [-0.15, -0.1) is 11.8 Å². The number of amides is 1. The van der Waals surface area contributed by atoms with Gasteiger partial charge in [0.05, 0.1) is 10.4 Å². The van der Waals surface area contributed by atoms with Crippen molar-refractivity contribution in [2.75, 3.05) is 5.75 Å². The van der Waals surface area contributed by atoms with Crippen molar-refractivity contribution in [1.29, 1.82) is 0 Å². The molecule has 0 aromatic carbocycles. The first-order chi connectivity index (χ1) is 9.82. The maximum atomic E-state index is 12.7. The number of aliphatic carboxylic acids is 1. The summed E-state index contributed by atoms with van der Waals surface area (Å²) in [7, 11) is 0. The minimum Gasteiger partial charge on any atom is -0.480 e. The molecule has 1 aliphatic heterocycles. The van der Waals surface area contributed by atoms with E-state index in [2.05, 4.69) is 4.98 Å². The molecular weight excluding hydrogens is 335 g/mol. The Labute approximate surface area is 136 Å². The van der Waals surface area contributed by atoms with E-state index in [4.69, 9.17) is 23.2 Å². The summed E-state index contributed by atoms with van der Waals surface area (Å²) >= 11 is 13.3. The van der Waals surface area contributed by atoms with Crippen LogP contribution in [-0.2, 0) is 4.79 Å². The van der Waals surface area contributed by atoms with Gasteiger partial charge in [-0.1, -0.05) is 37.0 Å². The summed E-state index contributed by atoms with van der Waals surface area (Å²) in [4.78, 5) is 29.4. The lowest BCUT2D eigenvalue weighted by Gasteiger charge is -2.29. The smallest absolute Gasteiger partial charge is 0.327 e. The minimum absolute atomic E-state index is 0.0106. The topological polar surface area (TPSA) is 70.5 Å². The Bertz CT molecular complexity index is 583. The fourth-order valence-corrected chi connectivity index (χ4v) is 3.98. The van der Waals surface area contributed by atoms with E-state index in [0.717, 1.165) is 0 Å². The summed E-state index contributed by atoms with van der Waals surface area (Å²) in [6.07, 6.45) is 0. The lowest BCUT2D eigenvalue weighted by molar-refractivity contribution is -0.141. The van der Waals surface area contributed by atoms with E-state index in [1.54, 1.807) is 0 Å². The quantitative estimate of drug-likeness (QED) is 0.850. The molecule has 1 fully saturated rings. The number of carbonyl (C=O) groups excluding carboxylic acids is 1. The maximum Gasteiger partial charge on any atom is 0.327 e. The number of thioether (sulfide) groups is 1. The Balaban J connectivity index is 2.41. The van der Waals surface area contributed by atoms with Crippen molar-refractivity contribution in [3.05, 3.63) is 28.0 Å². The Morgan fingerprint density at radius 2 is 2.10 bits per heavy atom. The van der Waals surface area contributed by atoms with Crippen molar-refractivity contribution in [3.63, 3.8) is 0 Å². The molecule has 2 heterocycles. The van der Waals surface area contributed by atoms with E-state index in [1.165, 1.54) is 28.8 Å². The molecule has 0 radical (unpaired) electrons. The number of carboxylic acid groups (broad SMARTS) is 1. The van der Waals surface area contributed by atoms with Crippen LogP contribution in [0.15, 0.2) is 12.1 Å². The zero-order chi connectivity index (χ0) is 15.7. The average Bonchev–Trinajstić information content (AvgIpc) is 2.85. The molecule has 1 N–H and O–H groups in total. The summed E-state index contributed by atoms with van der Waals surface area (Å²) in [6, 6.07) is 2.08. The number of hydrogen-bond acceptors (Lipinski definition) is 4. The number of rotatable bonds is 3. The first-order valence-electron chi connectivity index (χ1n) is 6.32. The van der Waals surface area contributed by atoms with Crippen LogP contribution in [0.3, 0.4) is 0 Å². The van der Waals surface area contributed by atoms with Crippen molar-refractivity contribution in [2.45, 2.75) is 25.3 Å². The van der Waals surface area contributed by atoms with Crippen LogP contribution in [0.4, 0.5) is 0 Å². The number of hydrogen-bond donors (Lipinski definition) is 1. The average molecular weight is 349 g/mol. The van der Waals surface area contributed by atoms with E-state index in [1.807, 2.05) is 13.8 Å². The predicted molar refractivity (Wildman–Crippen MR) is 82.9 cm³/mol. The van der Waals surface area contributed by atoms with Crippen LogP contribution in [0.1, 0.15) is 24.3 Å². The molecule has 21 heavy (non-hydrogen) atoms. The Kier molecular flexibility index (Phi) is 5.01. The maximum absolute atomic E-state index is 12.7. The van der Waals surface area contributed by atoms with Gasteiger partial charge in [-0.3, -0.25) is 4.79 Å². The molecule has 2 atom stereocenters. The molecule has 1 aliphatic rings. The van der Waals surface area contributed by atoms with Gasteiger partial charge in [0.25, 0.3) is 5.91 Å². The van der Waals surface area contributed by atoms with Gasteiger partial charge < -0.3 is 10.0 Å². The second-order valence-corrected chi connectivity index (χ2v) is 6.94. The summed E-state index contributed by atoms with van der Waals surface area (Å²) in [6.45, 7) is 3.88. The highest BCUT2D eigenvalue weighted by Crippen LogP contribution is 2.36. The lowest BCUT2D eigenvalue weighted by Crippen LogP contribution is -2.47. The molecule has 0 aliphatic carbocycles. The third-order valence-electron chi connectivity index (χ3n) is 3.14. The Hall–Kier alpha value is -0.980. The van der Waals surface area contributed by atoms with Crippen molar-refractivity contribution in [3.8, 4) is 0 Å². The number of nitrogens with zero attached hydrogens (tertiary/aromatic N) is 2. The molecule has 1 saturated heterocycles. The van der Waals surface area contributed by atoms with Crippen molar-refractivity contribution in [1.82, 2.24) is 9.88 Å². The molecule has 114 valence electrons. The van der Waals surface area contributed by atoms with Gasteiger partial charge in [-0.05, 0) is 18.1 Å². The highest BCUT2D eigenvalue weighted by molar-refractivity contribution is 8.00. The van der Waals surface area contributed by atoms with Crippen LogP contribution < -0.4 is 0 Å². The molecule has 0 saturated carbocycles. The molecule has 0 spiro atoms. The van der Waals surface area contributed by atoms with Gasteiger partial charge in [0.1, 0.15) is 16.9 Å². The third kappa shape index (κ3) is 3.27. The van der Waals surface area contributed by atoms with Crippen LogP contribution in [0, 0.1) is 5.92 Å². The van der Waals surface area contributed by atoms with Gasteiger partial charge >= 0.3 is 5.97 Å². The fourth-order valence-electron chi connectivity index (χ4n) is 2.18. The largest absolute Gasteiger partial charge is 0.480 e. The number of carbonyl (C=O) groups is 2. The molecule has 5 nitrogen and oxygen atoms in total. The van der Waals surface area contributed by atoms with E-state index in [9.17, 15) is 14.7 Å². The van der Waals surface area contributed by atoms with E-state index in [-0.39, 0.29) is 27.2 Å². The SMILES string of the molecule is CC(C)C1SCC(C(=O)O)N1C(=O)c1nc(Cl)ccc1Cl. The molecule has 1 aromatic rings. The monoisotopic (exact) mass is 348 g/mol. The minimum atomic E-state index is -1.03. The standard InChI is InChI=1S/C13H14Cl2N2O3S/c1-6(2)12-17(8(5-21-12)13(19)20)11(18)10-7(14)3-4-9(15)16-10/h3-4,6,8,12H,5H2,1-2H3,(H,19,20). The van der Waals surface area contributed by atoms with Gasteiger partial charge in [0.2, 0.25) is 0 Å². The number of halogens is 2. The first-order valence-corrected chi connectivity index (χ1v) is 8.12. The second kappa shape index (κ2) is 6.42. The molecule has 2 rings (SSSR count). The van der Waals surface area contributed by atoms with Gasteiger partial charge in [-0.2, -0.15) is 0 Å². The number of carboxylic acids is 1. The molecule has 2 unspecified atom stereocenters. The van der Waals surface area contributed by atoms with Crippen LogP contribution in [0.5, 0.6) is 0 Å². The van der Waals surface area contributed by atoms with Crippen LogP contribution in [-0.4, -0.2) is 44.0 Å². The molecule has 0 bridgehead atoms. The van der Waals surface area contributed by atoms with E-state index < -0.39 is 17.9 Å². The van der Waals surface area contributed by atoms with Gasteiger partial charge in [0.15, 0.2) is 0 Å². The zero-order valence-electron chi connectivity index (χ0n) is 11.4. The summed E-state index contributed by atoms with van der Waals surface area (Å²) < 4.78 is 0. The number of pyridine rings is 1. The molecule has 8 heteroatoms. The molecule has 1 aromatic heterocycles. The van der Waals surface area contributed by atoms with E-state index >= 15 is 0 Å². The molecular formula is C13H14Cl2N2O3S. The highest BCUT2D eigenvalue weighted by Gasteiger charge is 2.44. The normalized spacial score (nSPS) is 21.9. The zero-order valence-corrected chi connectivity index (χ0v) is 13.7. The molecule has 1 amide bonds. The Morgan fingerprint density at radius 1 is 1.43 bits per heavy atom. The highest BCUT2D eigenvalue weighted by atomic mass is 35.5. The summed E-state index contributed by atoms with van der Waals surface area (Å²) in [5.74, 6) is -1.07. The summed E-state index contributed by atoms with van der Waals surface area (Å²) in [5, 5.41) is 9.39. The van der Waals surface area contributed by atoms with Crippen LogP contribution in [0.2, 0.25) is 10.2 Å². The van der Waals surface area contributed by atoms with Crippen molar-refractivity contribution in [2.24, 2.45) is 5.92 Å². The Morgan fingerprint density at radius 3 is 2.67 bits per heavy atom. The van der Waals surface area contributed by atoms with Gasteiger partial charge in [-0.25, -0.2) is 9.78 Å². The summed E-state index contributed by atoms with van der Waals surface area (Å²) in [5.41, 5.74) is -0.0106.